The molecule has 0 aliphatic rings. The first-order chi connectivity index (χ1) is 8.87. The zero-order chi connectivity index (χ0) is 14.9. The molecule has 19 heavy (non-hydrogen) atoms. The predicted molar refractivity (Wildman–Crippen MR) is 80.6 cm³/mol. The zero-order valence-corrected chi connectivity index (χ0v) is 13.3. The second-order valence-electron chi connectivity index (χ2n) is 5.74. The summed E-state index contributed by atoms with van der Waals surface area (Å²) in [4.78, 5) is 13.8. The maximum atomic E-state index is 11.3. The fourth-order valence-electron chi connectivity index (χ4n) is 2.25. The Bertz CT molecular complexity index is 257. The molecule has 0 spiro atoms. The van der Waals surface area contributed by atoms with Gasteiger partial charge in [0.1, 0.15) is 5.54 Å². The third-order valence-corrected chi connectivity index (χ3v) is 3.75. The molecule has 2 N–H and O–H groups in total. The van der Waals surface area contributed by atoms with Crippen molar-refractivity contribution in [1.82, 2.24) is 10.2 Å². The molecule has 1 unspecified atom stereocenters. The van der Waals surface area contributed by atoms with Crippen LogP contribution in [0.2, 0.25) is 0 Å². The van der Waals surface area contributed by atoms with Gasteiger partial charge in [-0.1, -0.05) is 13.8 Å². The average molecular weight is 272 g/mol. The lowest BCUT2D eigenvalue weighted by molar-refractivity contribution is -0.144. The molecule has 0 aliphatic carbocycles. The first kappa shape index (κ1) is 18.4. The van der Waals surface area contributed by atoms with Crippen LogP contribution in [0.1, 0.15) is 60.3 Å². The van der Waals surface area contributed by atoms with E-state index in [-0.39, 0.29) is 0 Å². The number of hydrogen-bond donors (Lipinski definition) is 2. The second-order valence-corrected chi connectivity index (χ2v) is 5.74. The largest absolute Gasteiger partial charge is 0.480 e. The molecule has 0 heterocycles. The van der Waals surface area contributed by atoms with Crippen molar-refractivity contribution in [3.63, 3.8) is 0 Å². The quantitative estimate of drug-likeness (QED) is 0.568. The summed E-state index contributed by atoms with van der Waals surface area (Å²) in [6.07, 6.45) is 3.66. The van der Waals surface area contributed by atoms with Gasteiger partial charge in [-0.2, -0.15) is 0 Å². The summed E-state index contributed by atoms with van der Waals surface area (Å²) < 4.78 is 0. The predicted octanol–water partition coefficient (Wildman–Crippen LogP) is 2.73. The number of nitrogens with zero attached hydrogens (tertiary/aromatic N) is 1. The van der Waals surface area contributed by atoms with Gasteiger partial charge in [-0.05, 0) is 66.1 Å². The summed E-state index contributed by atoms with van der Waals surface area (Å²) in [6, 6.07) is 0.564. The van der Waals surface area contributed by atoms with Gasteiger partial charge in [0, 0.05) is 6.04 Å². The van der Waals surface area contributed by atoms with Gasteiger partial charge in [-0.3, -0.25) is 4.79 Å². The molecule has 0 amide bonds. The monoisotopic (exact) mass is 272 g/mol. The van der Waals surface area contributed by atoms with Gasteiger partial charge >= 0.3 is 5.97 Å². The van der Waals surface area contributed by atoms with Gasteiger partial charge in [-0.15, -0.1) is 0 Å². The van der Waals surface area contributed by atoms with E-state index in [1.54, 1.807) is 6.92 Å². The summed E-state index contributed by atoms with van der Waals surface area (Å²) in [5.41, 5.74) is -0.773. The molecule has 1 atom stereocenters. The molecule has 0 fully saturated rings. The number of carbonyl (C=O) groups is 1. The van der Waals surface area contributed by atoms with Crippen molar-refractivity contribution < 1.29 is 9.90 Å². The highest BCUT2D eigenvalue weighted by Crippen LogP contribution is 2.15. The number of rotatable bonds is 11. The van der Waals surface area contributed by atoms with E-state index < -0.39 is 11.5 Å². The van der Waals surface area contributed by atoms with Crippen molar-refractivity contribution >= 4 is 5.97 Å². The highest BCUT2D eigenvalue weighted by atomic mass is 16.4. The Morgan fingerprint density at radius 1 is 1.32 bits per heavy atom. The van der Waals surface area contributed by atoms with Crippen LogP contribution >= 0.6 is 0 Å². The van der Waals surface area contributed by atoms with E-state index in [2.05, 4.69) is 37.9 Å². The number of nitrogens with one attached hydrogen (secondary N) is 1. The highest BCUT2D eigenvalue weighted by molar-refractivity contribution is 5.78. The van der Waals surface area contributed by atoms with E-state index in [1.807, 2.05) is 0 Å². The van der Waals surface area contributed by atoms with Crippen molar-refractivity contribution in [3.05, 3.63) is 0 Å². The molecule has 4 nitrogen and oxygen atoms in total. The molecule has 0 aromatic carbocycles. The Morgan fingerprint density at radius 2 is 1.95 bits per heavy atom. The van der Waals surface area contributed by atoms with Crippen LogP contribution in [0.5, 0.6) is 0 Å². The molecule has 0 saturated carbocycles. The number of hydrogen-bond acceptors (Lipinski definition) is 3. The molecular formula is C15H32N2O2. The Kier molecular flexibility index (Phi) is 9.02. The maximum Gasteiger partial charge on any atom is 0.323 e. The maximum absolute atomic E-state index is 11.3. The van der Waals surface area contributed by atoms with Crippen LogP contribution in [0.4, 0.5) is 0 Å². The molecule has 0 radical (unpaired) electrons. The van der Waals surface area contributed by atoms with Crippen LogP contribution in [0, 0.1) is 0 Å². The number of carboxylic acids is 1. The topological polar surface area (TPSA) is 52.6 Å². The van der Waals surface area contributed by atoms with E-state index >= 15 is 0 Å². The van der Waals surface area contributed by atoms with Crippen LogP contribution in [-0.4, -0.2) is 47.2 Å². The molecule has 0 aromatic rings. The number of carboxylic acid groups (broad SMARTS) is 1. The molecule has 0 saturated heterocycles. The Labute approximate surface area is 118 Å². The molecular weight excluding hydrogens is 240 g/mol. The molecule has 4 heteroatoms. The highest BCUT2D eigenvalue weighted by Gasteiger charge is 2.31. The zero-order valence-electron chi connectivity index (χ0n) is 13.3. The van der Waals surface area contributed by atoms with Gasteiger partial charge in [0.15, 0.2) is 0 Å². The van der Waals surface area contributed by atoms with Crippen molar-refractivity contribution in [2.45, 2.75) is 71.9 Å². The number of aliphatic carboxylic acids is 1. The second kappa shape index (κ2) is 9.32. The van der Waals surface area contributed by atoms with Gasteiger partial charge in [0.05, 0.1) is 0 Å². The van der Waals surface area contributed by atoms with Gasteiger partial charge in [-0.25, -0.2) is 0 Å². The van der Waals surface area contributed by atoms with Crippen molar-refractivity contribution in [1.29, 1.82) is 0 Å². The van der Waals surface area contributed by atoms with E-state index in [0.717, 1.165) is 38.9 Å². The number of unbranched alkanes of at least 4 members (excludes halogenated alkanes) is 1. The lowest BCUT2D eigenvalue weighted by Crippen LogP contribution is -2.49. The van der Waals surface area contributed by atoms with Crippen LogP contribution in [0.25, 0.3) is 0 Å². The molecule has 114 valence electrons. The Balaban J connectivity index is 4.09. The summed E-state index contributed by atoms with van der Waals surface area (Å²) in [5.74, 6) is -0.739. The lowest BCUT2D eigenvalue weighted by atomic mass is 9.94. The minimum Gasteiger partial charge on any atom is -0.480 e. The Hall–Kier alpha value is -0.610. The first-order valence-corrected chi connectivity index (χ1v) is 7.59. The molecule has 0 aromatic heterocycles. The minimum atomic E-state index is -0.773. The van der Waals surface area contributed by atoms with Crippen LogP contribution in [0.3, 0.4) is 0 Å². The third-order valence-electron chi connectivity index (χ3n) is 3.75. The Morgan fingerprint density at radius 3 is 2.37 bits per heavy atom. The first-order valence-electron chi connectivity index (χ1n) is 7.59. The fourth-order valence-corrected chi connectivity index (χ4v) is 2.25. The molecule has 0 bridgehead atoms. The third kappa shape index (κ3) is 6.92. The standard InChI is InChI=1S/C15H32N2O2/c1-6-11-16-15(5,14(18)19)10-8-9-12-17(7-2)13(3)4/h13,16H,6-12H2,1-5H3,(H,18,19). The van der Waals surface area contributed by atoms with Gasteiger partial charge < -0.3 is 15.3 Å². The van der Waals surface area contributed by atoms with Crippen LogP contribution in [0.15, 0.2) is 0 Å². The van der Waals surface area contributed by atoms with E-state index in [0.29, 0.717) is 12.5 Å². The van der Waals surface area contributed by atoms with Crippen LogP contribution < -0.4 is 5.32 Å². The fraction of sp³-hybridized carbons (Fsp3) is 0.933. The van der Waals surface area contributed by atoms with Crippen molar-refractivity contribution in [2.24, 2.45) is 0 Å². The smallest absolute Gasteiger partial charge is 0.323 e. The average Bonchev–Trinajstić information content (AvgIpc) is 2.35. The van der Waals surface area contributed by atoms with E-state index in [9.17, 15) is 9.90 Å². The van der Waals surface area contributed by atoms with E-state index in [1.165, 1.54) is 0 Å². The normalized spacial score (nSPS) is 14.9. The SMILES string of the molecule is CCCNC(C)(CCCCN(CC)C(C)C)C(=O)O. The van der Waals surface area contributed by atoms with Crippen molar-refractivity contribution in [3.8, 4) is 0 Å². The summed E-state index contributed by atoms with van der Waals surface area (Å²) in [6.45, 7) is 13.3. The van der Waals surface area contributed by atoms with Crippen LogP contribution in [-0.2, 0) is 4.79 Å². The minimum absolute atomic E-state index is 0.564. The van der Waals surface area contributed by atoms with E-state index in [4.69, 9.17) is 0 Å². The summed E-state index contributed by atoms with van der Waals surface area (Å²) in [5, 5.41) is 12.5. The molecule has 0 rings (SSSR count). The van der Waals surface area contributed by atoms with Gasteiger partial charge in [0.2, 0.25) is 0 Å². The molecule has 0 aliphatic heterocycles. The lowest BCUT2D eigenvalue weighted by Gasteiger charge is -2.28. The summed E-state index contributed by atoms with van der Waals surface area (Å²) in [7, 11) is 0. The van der Waals surface area contributed by atoms with Gasteiger partial charge in [0.25, 0.3) is 0 Å². The van der Waals surface area contributed by atoms with Crippen molar-refractivity contribution in [2.75, 3.05) is 19.6 Å². The summed E-state index contributed by atoms with van der Waals surface area (Å²) >= 11 is 0.